The number of nitrogens with zero attached hydrogens (tertiary/aromatic N) is 2. The van der Waals surface area contributed by atoms with E-state index in [-0.39, 0.29) is 18.7 Å². The highest BCUT2D eigenvalue weighted by molar-refractivity contribution is 5.70. The van der Waals surface area contributed by atoms with Crippen LogP contribution in [0.3, 0.4) is 0 Å². The van der Waals surface area contributed by atoms with Crippen LogP contribution in [-0.2, 0) is 14.3 Å². The molecular weight excluding hydrogens is 280 g/mol. The highest BCUT2D eigenvalue weighted by Crippen LogP contribution is 2.21. The molecule has 0 aromatic heterocycles. The quantitative estimate of drug-likeness (QED) is 0.530. The van der Waals surface area contributed by atoms with Gasteiger partial charge >= 0.3 is 5.97 Å². The summed E-state index contributed by atoms with van der Waals surface area (Å²) in [6.07, 6.45) is 6.84. The molecule has 2 saturated heterocycles. The van der Waals surface area contributed by atoms with E-state index in [9.17, 15) is 4.79 Å². The van der Waals surface area contributed by atoms with Crippen molar-refractivity contribution in [3.05, 3.63) is 0 Å². The Kier molecular flexibility index (Phi) is 7.63. The van der Waals surface area contributed by atoms with Crippen molar-refractivity contribution < 1.29 is 14.3 Å². The average Bonchev–Trinajstić information content (AvgIpc) is 2.54. The molecule has 0 unspecified atom stereocenters. The highest BCUT2D eigenvalue weighted by atomic mass is 16.6. The topological polar surface area (TPSA) is 42.0 Å². The number of esters is 1. The summed E-state index contributed by atoms with van der Waals surface area (Å²) in [4.78, 5) is 16.6. The number of rotatable bonds is 7. The summed E-state index contributed by atoms with van der Waals surface area (Å²) in [6.45, 7) is 7.35. The summed E-state index contributed by atoms with van der Waals surface area (Å²) >= 11 is 0. The number of ether oxygens (including phenoxy) is 2. The van der Waals surface area contributed by atoms with Crippen molar-refractivity contribution in [1.82, 2.24) is 9.80 Å². The lowest BCUT2D eigenvalue weighted by Gasteiger charge is -2.40. The standard InChI is InChI=1S/C17H32N2O3/c1-3-4-13-21-17(20)14-22-16-7-11-19(12-8-16)15-5-9-18(2)10-6-15/h15-16H,3-14H2,1-2H3. The van der Waals surface area contributed by atoms with Crippen LogP contribution in [0.15, 0.2) is 0 Å². The average molecular weight is 312 g/mol. The minimum absolute atomic E-state index is 0.114. The monoisotopic (exact) mass is 312 g/mol. The van der Waals surface area contributed by atoms with Crippen molar-refractivity contribution in [3.8, 4) is 0 Å². The van der Waals surface area contributed by atoms with Crippen molar-refractivity contribution in [2.45, 2.75) is 57.6 Å². The normalized spacial score (nSPS) is 22.8. The summed E-state index contributed by atoms with van der Waals surface area (Å²) in [5, 5.41) is 0. The first-order valence-electron chi connectivity index (χ1n) is 8.89. The van der Waals surface area contributed by atoms with Gasteiger partial charge in [-0.3, -0.25) is 0 Å². The van der Waals surface area contributed by atoms with Crippen LogP contribution in [0.4, 0.5) is 0 Å². The molecule has 2 aliphatic rings. The van der Waals surface area contributed by atoms with E-state index in [2.05, 4.69) is 23.8 Å². The van der Waals surface area contributed by atoms with Gasteiger partial charge in [-0.25, -0.2) is 4.79 Å². The molecule has 2 fully saturated rings. The number of hydrogen-bond donors (Lipinski definition) is 0. The lowest BCUT2D eigenvalue weighted by atomic mass is 9.99. The maximum absolute atomic E-state index is 11.5. The van der Waals surface area contributed by atoms with E-state index in [1.807, 2.05) is 0 Å². The number of likely N-dealkylation sites (tertiary alicyclic amines) is 2. The second-order valence-electron chi connectivity index (χ2n) is 6.65. The molecule has 2 heterocycles. The van der Waals surface area contributed by atoms with Crippen LogP contribution in [0.2, 0.25) is 0 Å². The van der Waals surface area contributed by atoms with Gasteiger partial charge in [0.15, 0.2) is 0 Å². The van der Waals surface area contributed by atoms with Crippen LogP contribution >= 0.6 is 0 Å². The van der Waals surface area contributed by atoms with Crippen LogP contribution < -0.4 is 0 Å². The molecule has 0 bridgehead atoms. The van der Waals surface area contributed by atoms with Crippen molar-refractivity contribution in [1.29, 1.82) is 0 Å². The van der Waals surface area contributed by atoms with Crippen LogP contribution in [0.1, 0.15) is 45.4 Å². The Morgan fingerprint density at radius 2 is 1.77 bits per heavy atom. The zero-order chi connectivity index (χ0) is 15.8. The van der Waals surface area contributed by atoms with Gasteiger partial charge in [0.2, 0.25) is 0 Å². The van der Waals surface area contributed by atoms with Gasteiger partial charge in [0.05, 0.1) is 12.7 Å². The molecule has 0 amide bonds. The fourth-order valence-corrected chi connectivity index (χ4v) is 3.33. The Morgan fingerprint density at radius 1 is 1.09 bits per heavy atom. The Bertz CT molecular complexity index is 322. The highest BCUT2D eigenvalue weighted by Gasteiger charge is 2.27. The number of unbranched alkanes of at least 4 members (excludes halogenated alkanes) is 1. The first kappa shape index (κ1) is 17.7. The smallest absolute Gasteiger partial charge is 0.332 e. The Hall–Kier alpha value is -0.650. The van der Waals surface area contributed by atoms with Crippen molar-refractivity contribution >= 4 is 5.97 Å². The zero-order valence-electron chi connectivity index (χ0n) is 14.3. The molecule has 0 atom stereocenters. The molecule has 0 aliphatic carbocycles. The SMILES string of the molecule is CCCCOC(=O)COC1CCN(C2CCN(C)CC2)CC1. The molecule has 0 saturated carbocycles. The molecule has 0 N–H and O–H groups in total. The lowest BCUT2D eigenvalue weighted by molar-refractivity contribution is -0.152. The van der Waals surface area contributed by atoms with Gasteiger partial charge < -0.3 is 19.3 Å². The van der Waals surface area contributed by atoms with Crippen molar-refractivity contribution in [2.24, 2.45) is 0 Å². The van der Waals surface area contributed by atoms with E-state index in [1.54, 1.807) is 0 Å². The van der Waals surface area contributed by atoms with E-state index in [0.29, 0.717) is 6.61 Å². The molecule has 0 aromatic carbocycles. The molecule has 0 aromatic rings. The van der Waals surface area contributed by atoms with Crippen LogP contribution in [0.25, 0.3) is 0 Å². The van der Waals surface area contributed by atoms with Crippen LogP contribution in [-0.4, -0.2) is 74.4 Å². The van der Waals surface area contributed by atoms with Gasteiger partial charge in [-0.15, -0.1) is 0 Å². The third kappa shape index (κ3) is 5.86. The summed E-state index contributed by atoms with van der Waals surface area (Å²) in [5.74, 6) is -0.216. The second-order valence-corrected chi connectivity index (χ2v) is 6.65. The molecular formula is C17H32N2O3. The van der Waals surface area contributed by atoms with E-state index in [4.69, 9.17) is 9.47 Å². The Morgan fingerprint density at radius 3 is 2.41 bits per heavy atom. The van der Waals surface area contributed by atoms with Gasteiger partial charge in [-0.1, -0.05) is 13.3 Å². The first-order valence-corrected chi connectivity index (χ1v) is 8.89. The molecule has 2 rings (SSSR count). The maximum atomic E-state index is 11.5. The summed E-state index contributed by atoms with van der Waals surface area (Å²) in [5.41, 5.74) is 0. The van der Waals surface area contributed by atoms with Crippen molar-refractivity contribution in [3.63, 3.8) is 0 Å². The number of carbonyl (C=O) groups is 1. The first-order chi connectivity index (χ1) is 10.7. The number of hydrogen-bond acceptors (Lipinski definition) is 5. The molecule has 128 valence electrons. The summed E-state index contributed by atoms with van der Waals surface area (Å²) in [6, 6.07) is 0.746. The lowest BCUT2D eigenvalue weighted by Crippen LogP contribution is -2.48. The summed E-state index contributed by atoms with van der Waals surface area (Å²) < 4.78 is 10.8. The number of carbonyl (C=O) groups excluding carboxylic acids is 1. The Labute approximate surface area is 134 Å². The zero-order valence-corrected chi connectivity index (χ0v) is 14.3. The molecule has 5 nitrogen and oxygen atoms in total. The minimum Gasteiger partial charge on any atom is -0.464 e. The largest absolute Gasteiger partial charge is 0.464 e. The van der Waals surface area contributed by atoms with E-state index >= 15 is 0 Å². The number of piperidine rings is 2. The fraction of sp³-hybridized carbons (Fsp3) is 0.941. The van der Waals surface area contributed by atoms with Crippen LogP contribution in [0, 0.1) is 0 Å². The van der Waals surface area contributed by atoms with Gasteiger partial charge in [-0.2, -0.15) is 0 Å². The van der Waals surface area contributed by atoms with Crippen LogP contribution in [0.5, 0.6) is 0 Å². The molecule has 0 spiro atoms. The Balaban J connectivity index is 1.58. The van der Waals surface area contributed by atoms with E-state index in [0.717, 1.165) is 44.8 Å². The van der Waals surface area contributed by atoms with E-state index < -0.39 is 0 Å². The predicted molar refractivity (Wildman–Crippen MR) is 86.9 cm³/mol. The molecule has 2 aliphatic heterocycles. The van der Waals surface area contributed by atoms with Gasteiger partial charge in [0.25, 0.3) is 0 Å². The molecule has 22 heavy (non-hydrogen) atoms. The third-order valence-electron chi connectivity index (χ3n) is 4.88. The second kappa shape index (κ2) is 9.48. The summed E-state index contributed by atoms with van der Waals surface area (Å²) in [7, 11) is 2.20. The van der Waals surface area contributed by atoms with E-state index in [1.165, 1.54) is 25.9 Å². The minimum atomic E-state index is -0.216. The van der Waals surface area contributed by atoms with Gasteiger partial charge in [0.1, 0.15) is 6.61 Å². The van der Waals surface area contributed by atoms with Gasteiger partial charge in [0, 0.05) is 19.1 Å². The maximum Gasteiger partial charge on any atom is 0.332 e. The third-order valence-corrected chi connectivity index (χ3v) is 4.88. The van der Waals surface area contributed by atoms with Gasteiger partial charge in [-0.05, 0) is 52.2 Å². The predicted octanol–water partition coefficient (Wildman–Crippen LogP) is 1.90. The molecule has 5 heteroatoms. The fourth-order valence-electron chi connectivity index (χ4n) is 3.33. The molecule has 0 radical (unpaired) electrons. The van der Waals surface area contributed by atoms with Crippen molar-refractivity contribution in [2.75, 3.05) is 46.4 Å².